The van der Waals surface area contributed by atoms with Crippen molar-refractivity contribution in [1.82, 2.24) is 25.0 Å². The average molecular weight is 405 g/mol. The van der Waals surface area contributed by atoms with Gasteiger partial charge in [0.2, 0.25) is 0 Å². The summed E-state index contributed by atoms with van der Waals surface area (Å²) in [5.74, 6) is 0.361. The molecule has 3 rings (SSSR count). The van der Waals surface area contributed by atoms with Crippen molar-refractivity contribution >= 4 is 6.03 Å². The highest BCUT2D eigenvalue weighted by molar-refractivity contribution is 5.73. The van der Waals surface area contributed by atoms with Gasteiger partial charge in [0.1, 0.15) is 5.75 Å². The van der Waals surface area contributed by atoms with E-state index in [1.807, 2.05) is 6.07 Å². The van der Waals surface area contributed by atoms with E-state index in [4.69, 9.17) is 0 Å². The molecule has 0 saturated carbocycles. The minimum atomic E-state index is -4.73. The number of halogens is 3. The molecule has 10 heteroatoms. The van der Waals surface area contributed by atoms with Crippen LogP contribution in [-0.2, 0) is 13.1 Å². The SMILES string of the molecule is CN(Cc1ccc(OC(F)(F)F)cc1)C(=O)NCc1ccc(-n2cccn2)nc1. The predicted octanol–water partition coefficient (Wildman–Crippen LogP) is 3.51. The average Bonchev–Trinajstić information content (AvgIpc) is 3.21. The minimum absolute atomic E-state index is 0.231. The number of amides is 2. The van der Waals surface area contributed by atoms with E-state index in [-0.39, 0.29) is 24.9 Å². The normalized spacial score (nSPS) is 11.2. The molecule has 29 heavy (non-hydrogen) atoms. The lowest BCUT2D eigenvalue weighted by Gasteiger charge is -2.18. The van der Waals surface area contributed by atoms with Crippen molar-refractivity contribution < 1.29 is 22.7 Å². The van der Waals surface area contributed by atoms with Crippen LogP contribution in [0.1, 0.15) is 11.1 Å². The molecule has 1 N–H and O–H groups in total. The van der Waals surface area contributed by atoms with E-state index in [9.17, 15) is 18.0 Å². The van der Waals surface area contributed by atoms with Gasteiger partial charge in [-0.05, 0) is 35.4 Å². The Hall–Kier alpha value is -3.56. The molecule has 1 aromatic carbocycles. The highest BCUT2D eigenvalue weighted by Gasteiger charge is 2.30. The van der Waals surface area contributed by atoms with E-state index < -0.39 is 6.36 Å². The van der Waals surface area contributed by atoms with Crippen LogP contribution in [0.2, 0.25) is 0 Å². The van der Waals surface area contributed by atoms with Crippen LogP contribution in [0.25, 0.3) is 5.82 Å². The molecule has 152 valence electrons. The van der Waals surface area contributed by atoms with Gasteiger partial charge in [0, 0.05) is 38.7 Å². The van der Waals surface area contributed by atoms with Crippen molar-refractivity contribution in [2.75, 3.05) is 7.05 Å². The molecule has 0 bridgehead atoms. The number of benzene rings is 1. The number of urea groups is 1. The van der Waals surface area contributed by atoms with Gasteiger partial charge in [-0.3, -0.25) is 0 Å². The van der Waals surface area contributed by atoms with Crippen LogP contribution in [0.3, 0.4) is 0 Å². The van der Waals surface area contributed by atoms with Crippen molar-refractivity contribution in [3.63, 3.8) is 0 Å². The summed E-state index contributed by atoms with van der Waals surface area (Å²) in [6.45, 7) is 0.516. The predicted molar refractivity (Wildman–Crippen MR) is 98.2 cm³/mol. The first kappa shape index (κ1) is 20.2. The Kier molecular flexibility index (Phi) is 6.01. The molecule has 2 aromatic heterocycles. The number of hydrogen-bond donors (Lipinski definition) is 1. The smallest absolute Gasteiger partial charge is 0.406 e. The van der Waals surface area contributed by atoms with Crippen molar-refractivity contribution in [2.24, 2.45) is 0 Å². The van der Waals surface area contributed by atoms with E-state index in [0.717, 1.165) is 5.56 Å². The first-order valence-corrected chi connectivity index (χ1v) is 8.59. The summed E-state index contributed by atoms with van der Waals surface area (Å²) >= 11 is 0. The third-order valence-electron chi connectivity index (χ3n) is 3.92. The Labute approximate surface area is 164 Å². The summed E-state index contributed by atoms with van der Waals surface area (Å²) in [7, 11) is 1.59. The number of rotatable bonds is 6. The van der Waals surface area contributed by atoms with Crippen molar-refractivity contribution in [3.8, 4) is 11.6 Å². The monoisotopic (exact) mass is 405 g/mol. The largest absolute Gasteiger partial charge is 0.573 e. The summed E-state index contributed by atoms with van der Waals surface area (Å²) in [5.41, 5.74) is 1.48. The fourth-order valence-corrected chi connectivity index (χ4v) is 2.52. The number of hydrogen-bond acceptors (Lipinski definition) is 4. The van der Waals surface area contributed by atoms with E-state index in [2.05, 4.69) is 20.1 Å². The van der Waals surface area contributed by atoms with Gasteiger partial charge in [-0.2, -0.15) is 5.10 Å². The molecule has 2 amide bonds. The summed E-state index contributed by atoms with van der Waals surface area (Å²) in [6.07, 6.45) is 0.351. The molecule has 0 aliphatic rings. The standard InChI is InChI=1S/C19H18F3N5O2/c1-26(13-14-3-6-16(7-4-14)29-19(20,21)22)18(28)24-12-15-5-8-17(23-11-15)27-10-2-9-25-27/h2-11H,12-13H2,1H3,(H,24,28). The van der Waals surface area contributed by atoms with Gasteiger partial charge in [-0.25, -0.2) is 14.5 Å². The zero-order valence-electron chi connectivity index (χ0n) is 15.4. The quantitative estimate of drug-likeness (QED) is 0.681. The van der Waals surface area contributed by atoms with Gasteiger partial charge in [0.15, 0.2) is 5.82 Å². The Morgan fingerprint density at radius 2 is 1.90 bits per heavy atom. The molecule has 0 unspecified atom stereocenters. The van der Waals surface area contributed by atoms with Crippen molar-refractivity contribution in [3.05, 3.63) is 72.2 Å². The lowest BCUT2D eigenvalue weighted by Crippen LogP contribution is -2.36. The third kappa shape index (κ3) is 5.96. The van der Waals surface area contributed by atoms with Gasteiger partial charge in [0.05, 0.1) is 0 Å². The maximum atomic E-state index is 12.2. The van der Waals surface area contributed by atoms with Crippen LogP contribution < -0.4 is 10.1 Å². The zero-order chi connectivity index (χ0) is 20.9. The van der Waals surface area contributed by atoms with Crippen molar-refractivity contribution in [1.29, 1.82) is 0 Å². The second-order valence-electron chi connectivity index (χ2n) is 6.18. The summed E-state index contributed by atoms with van der Waals surface area (Å²) in [4.78, 5) is 17.9. The summed E-state index contributed by atoms with van der Waals surface area (Å²) in [6, 6.07) is 10.5. The molecule has 0 radical (unpaired) electrons. The number of carbonyl (C=O) groups excluding carboxylic acids is 1. The number of nitrogens with zero attached hydrogens (tertiary/aromatic N) is 4. The Morgan fingerprint density at radius 1 is 1.17 bits per heavy atom. The van der Waals surface area contributed by atoms with Crippen LogP contribution in [0.5, 0.6) is 5.75 Å². The second-order valence-corrected chi connectivity index (χ2v) is 6.18. The van der Waals surface area contributed by atoms with Gasteiger partial charge >= 0.3 is 12.4 Å². The highest BCUT2D eigenvalue weighted by atomic mass is 19.4. The molecular weight excluding hydrogens is 387 g/mol. The maximum Gasteiger partial charge on any atom is 0.573 e. The number of aromatic nitrogens is 3. The number of pyridine rings is 1. The fraction of sp³-hybridized carbons (Fsp3) is 0.211. The first-order valence-electron chi connectivity index (χ1n) is 8.59. The second kappa shape index (κ2) is 8.63. The minimum Gasteiger partial charge on any atom is -0.406 e. The van der Waals surface area contributed by atoms with Crippen LogP contribution in [0.15, 0.2) is 61.1 Å². The summed E-state index contributed by atoms with van der Waals surface area (Å²) < 4.78 is 42.0. The fourth-order valence-electron chi connectivity index (χ4n) is 2.52. The number of nitrogens with one attached hydrogen (secondary N) is 1. The number of ether oxygens (including phenoxy) is 1. The van der Waals surface area contributed by atoms with Gasteiger partial charge in [0.25, 0.3) is 0 Å². The molecule has 0 aliphatic heterocycles. The van der Waals surface area contributed by atoms with Crippen LogP contribution in [-0.4, -0.2) is 39.1 Å². The molecular formula is C19H18F3N5O2. The molecule has 2 heterocycles. The molecule has 0 saturated heterocycles. The lowest BCUT2D eigenvalue weighted by atomic mass is 10.2. The molecule has 7 nitrogen and oxygen atoms in total. The van der Waals surface area contributed by atoms with E-state index in [0.29, 0.717) is 11.4 Å². The van der Waals surface area contributed by atoms with E-state index in [1.54, 1.807) is 42.5 Å². The maximum absolute atomic E-state index is 12.2. The van der Waals surface area contributed by atoms with Crippen LogP contribution >= 0.6 is 0 Å². The lowest BCUT2D eigenvalue weighted by molar-refractivity contribution is -0.274. The van der Waals surface area contributed by atoms with Crippen molar-refractivity contribution in [2.45, 2.75) is 19.5 Å². The topological polar surface area (TPSA) is 72.3 Å². The third-order valence-corrected chi connectivity index (χ3v) is 3.92. The molecule has 3 aromatic rings. The Bertz CT molecular complexity index is 926. The van der Waals surface area contributed by atoms with Crippen LogP contribution in [0.4, 0.5) is 18.0 Å². The Balaban J connectivity index is 1.49. The number of alkyl halides is 3. The summed E-state index contributed by atoms with van der Waals surface area (Å²) in [5, 5.41) is 6.86. The van der Waals surface area contributed by atoms with Gasteiger partial charge in [-0.1, -0.05) is 18.2 Å². The molecule has 0 aliphatic carbocycles. The van der Waals surface area contributed by atoms with E-state index >= 15 is 0 Å². The molecule has 0 atom stereocenters. The zero-order valence-corrected chi connectivity index (χ0v) is 15.4. The Morgan fingerprint density at radius 3 is 2.48 bits per heavy atom. The van der Waals surface area contributed by atoms with Crippen LogP contribution in [0, 0.1) is 0 Å². The van der Waals surface area contributed by atoms with Gasteiger partial charge < -0.3 is 15.0 Å². The van der Waals surface area contributed by atoms with E-state index in [1.165, 1.54) is 29.2 Å². The van der Waals surface area contributed by atoms with Gasteiger partial charge in [-0.15, -0.1) is 13.2 Å². The number of carbonyl (C=O) groups is 1. The molecule has 0 fully saturated rings. The first-order chi connectivity index (χ1) is 13.8. The molecule has 0 spiro atoms. The highest BCUT2D eigenvalue weighted by Crippen LogP contribution is 2.23.